The van der Waals surface area contributed by atoms with E-state index in [4.69, 9.17) is 0 Å². The van der Waals surface area contributed by atoms with Gasteiger partial charge in [-0.2, -0.15) is 0 Å². The van der Waals surface area contributed by atoms with E-state index in [2.05, 4.69) is 9.88 Å². The fraction of sp³-hybridized carbons (Fsp3) is 0.333. The fourth-order valence-electron chi connectivity index (χ4n) is 2.96. The Bertz CT molecular complexity index is 967. The van der Waals surface area contributed by atoms with E-state index in [0.29, 0.717) is 22.8 Å². The number of benzene rings is 2. The minimum absolute atomic E-state index is 0.0885. The van der Waals surface area contributed by atoms with Gasteiger partial charge in [0.25, 0.3) is 5.91 Å². The first kappa shape index (κ1) is 19.5. The summed E-state index contributed by atoms with van der Waals surface area (Å²) in [5, 5.41) is 0.541. The van der Waals surface area contributed by atoms with Crippen LogP contribution in [0.1, 0.15) is 27.9 Å². The number of thiazole rings is 1. The molecule has 4 nitrogen and oxygen atoms in total. The van der Waals surface area contributed by atoms with Crippen molar-refractivity contribution >= 4 is 32.6 Å². The van der Waals surface area contributed by atoms with E-state index >= 15 is 0 Å². The lowest BCUT2D eigenvalue weighted by Crippen LogP contribution is -2.34. The Labute approximate surface area is 163 Å². The number of hydrogen-bond acceptors (Lipinski definition) is 4. The molecule has 27 heavy (non-hydrogen) atoms. The zero-order chi connectivity index (χ0) is 19.6. The highest BCUT2D eigenvalue weighted by atomic mass is 32.1. The Kier molecular flexibility index (Phi) is 5.87. The van der Waals surface area contributed by atoms with Gasteiger partial charge in [-0.25, -0.2) is 9.37 Å². The Morgan fingerprint density at radius 3 is 2.63 bits per heavy atom. The molecule has 0 aliphatic rings. The zero-order valence-electron chi connectivity index (χ0n) is 16.1. The molecule has 0 radical (unpaired) electrons. The molecule has 0 saturated heterocycles. The lowest BCUT2D eigenvalue weighted by molar-refractivity contribution is 0.0985. The number of hydrogen-bond donors (Lipinski definition) is 0. The smallest absolute Gasteiger partial charge is 0.260 e. The molecule has 6 heteroatoms. The molecule has 0 saturated carbocycles. The first-order valence-corrected chi connectivity index (χ1v) is 9.77. The van der Waals surface area contributed by atoms with E-state index in [9.17, 15) is 9.18 Å². The van der Waals surface area contributed by atoms with E-state index in [1.54, 1.807) is 11.0 Å². The molecule has 0 N–H and O–H groups in total. The Morgan fingerprint density at radius 2 is 1.93 bits per heavy atom. The molecule has 142 valence electrons. The second kappa shape index (κ2) is 8.15. The van der Waals surface area contributed by atoms with Crippen molar-refractivity contribution in [1.29, 1.82) is 0 Å². The minimum atomic E-state index is -0.359. The van der Waals surface area contributed by atoms with Crippen LogP contribution in [0.25, 0.3) is 10.2 Å². The largest absolute Gasteiger partial charge is 0.309 e. The van der Waals surface area contributed by atoms with Crippen LogP contribution < -0.4 is 4.90 Å². The number of fused-ring (bicyclic) bond motifs is 1. The standard InChI is InChI=1S/C21H24FN3OS/c1-14-9-10-15(2)16(13-14)20(26)25(12-6-11-24(3)4)21-23-19-17(22)7-5-8-18(19)27-21/h5,7-10,13H,6,11-12H2,1-4H3. The predicted molar refractivity (Wildman–Crippen MR) is 110 cm³/mol. The molecule has 0 bridgehead atoms. The zero-order valence-corrected chi connectivity index (χ0v) is 16.9. The highest BCUT2D eigenvalue weighted by molar-refractivity contribution is 7.22. The Morgan fingerprint density at radius 1 is 1.15 bits per heavy atom. The maximum Gasteiger partial charge on any atom is 0.260 e. The van der Waals surface area contributed by atoms with E-state index < -0.39 is 0 Å². The summed E-state index contributed by atoms with van der Waals surface area (Å²) in [6.07, 6.45) is 0.808. The summed E-state index contributed by atoms with van der Waals surface area (Å²) in [5.41, 5.74) is 2.95. The number of para-hydroxylation sites is 1. The molecular formula is C21H24FN3OS. The first-order valence-electron chi connectivity index (χ1n) is 8.95. The van der Waals surface area contributed by atoms with Gasteiger partial charge in [-0.15, -0.1) is 0 Å². The SMILES string of the molecule is Cc1ccc(C)c(C(=O)N(CCCN(C)C)c2nc3c(F)cccc3s2)c1. The van der Waals surface area contributed by atoms with Crippen LogP contribution in [-0.4, -0.2) is 43.0 Å². The van der Waals surface area contributed by atoms with Crippen molar-refractivity contribution in [3.05, 3.63) is 58.9 Å². The summed E-state index contributed by atoms with van der Waals surface area (Å²) in [6, 6.07) is 10.8. The molecule has 1 amide bonds. The van der Waals surface area contributed by atoms with Gasteiger partial charge in [-0.05, 0) is 64.7 Å². The van der Waals surface area contributed by atoms with Gasteiger partial charge in [-0.3, -0.25) is 9.69 Å². The van der Waals surface area contributed by atoms with Crippen molar-refractivity contribution in [2.24, 2.45) is 0 Å². The second-order valence-electron chi connectivity index (χ2n) is 7.02. The normalized spacial score (nSPS) is 11.3. The van der Waals surface area contributed by atoms with E-state index in [1.165, 1.54) is 17.4 Å². The summed E-state index contributed by atoms with van der Waals surface area (Å²) in [7, 11) is 4.01. The van der Waals surface area contributed by atoms with Crippen LogP contribution in [-0.2, 0) is 0 Å². The van der Waals surface area contributed by atoms with Crippen LogP contribution in [0.4, 0.5) is 9.52 Å². The molecule has 0 spiro atoms. The average Bonchev–Trinajstić information content (AvgIpc) is 3.05. The number of carbonyl (C=O) groups is 1. The van der Waals surface area contributed by atoms with Crippen LogP contribution in [0.5, 0.6) is 0 Å². The summed E-state index contributed by atoms with van der Waals surface area (Å²) in [5.74, 6) is -0.447. The summed E-state index contributed by atoms with van der Waals surface area (Å²) < 4.78 is 14.8. The van der Waals surface area contributed by atoms with Gasteiger partial charge in [0.2, 0.25) is 0 Å². The molecule has 0 fully saturated rings. The quantitative estimate of drug-likeness (QED) is 0.620. The predicted octanol–water partition coefficient (Wildman–Crippen LogP) is 4.65. The lowest BCUT2D eigenvalue weighted by atomic mass is 10.0. The van der Waals surface area contributed by atoms with Crippen LogP contribution in [0.3, 0.4) is 0 Å². The molecule has 1 aromatic heterocycles. The maximum atomic E-state index is 14.1. The molecule has 0 aliphatic heterocycles. The van der Waals surface area contributed by atoms with Gasteiger partial charge in [0.05, 0.1) is 4.70 Å². The highest BCUT2D eigenvalue weighted by Gasteiger charge is 2.23. The van der Waals surface area contributed by atoms with Crippen LogP contribution in [0.2, 0.25) is 0 Å². The molecule has 0 aliphatic carbocycles. The number of anilines is 1. The van der Waals surface area contributed by atoms with Crippen molar-refractivity contribution < 1.29 is 9.18 Å². The van der Waals surface area contributed by atoms with Gasteiger partial charge in [-0.1, -0.05) is 35.1 Å². The summed E-state index contributed by atoms with van der Waals surface area (Å²) >= 11 is 1.35. The molecule has 2 aromatic carbocycles. The molecular weight excluding hydrogens is 361 g/mol. The van der Waals surface area contributed by atoms with Crippen molar-refractivity contribution in [3.63, 3.8) is 0 Å². The first-order chi connectivity index (χ1) is 12.9. The van der Waals surface area contributed by atoms with Crippen molar-refractivity contribution in [2.45, 2.75) is 20.3 Å². The highest BCUT2D eigenvalue weighted by Crippen LogP contribution is 2.31. The number of amides is 1. The molecule has 0 atom stereocenters. The molecule has 3 aromatic rings. The second-order valence-corrected chi connectivity index (χ2v) is 8.02. The van der Waals surface area contributed by atoms with E-state index in [1.807, 2.05) is 52.2 Å². The van der Waals surface area contributed by atoms with Crippen molar-refractivity contribution in [3.8, 4) is 0 Å². The van der Waals surface area contributed by atoms with E-state index in [0.717, 1.165) is 28.8 Å². The topological polar surface area (TPSA) is 36.4 Å². The number of halogens is 1. The Balaban J connectivity index is 2.00. The Hall–Kier alpha value is -2.31. The van der Waals surface area contributed by atoms with E-state index in [-0.39, 0.29) is 11.7 Å². The third-order valence-corrected chi connectivity index (χ3v) is 5.49. The number of aromatic nitrogens is 1. The third kappa shape index (κ3) is 4.34. The maximum absolute atomic E-state index is 14.1. The summed E-state index contributed by atoms with van der Waals surface area (Å²) in [6.45, 7) is 5.30. The number of aryl methyl sites for hydroxylation is 2. The van der Waals surface area contributed by atoms with Crippen LogP contribution >= 0.6 is 11.3 Å². The van der Waals surface area contributed by atoms with Crippen LogP contribution in [0, 0.1) is 19.7 Å². The van der Waals surface area contributed by atoms with Gasteiger partial charge < -0.3 is 4.90 Å². The van der Waals surface area contributed by atoms with Gasteiger partial charge in [0, 0.05) is 12.1 Å². The van der Waals surface area contributed by atoms with Gasteiger partial charge in [0.15, 0.2) is 5.13 Å². The number of rotatable bonds is 6. The molecule has 1 heterocycles. The fourth-order valence-corrected chi connectivity index (χ4v) is 3.96. The van der Waals surface area contributed by atoms with Crippen molar-refractivity contribution in [1.82, 2.24) is 9.88 Å². The lowest BCUT2D eigenvalue weighted by Gasteiger charge is -2.22. The third-order valence-electron chi connectivity index (χ3n) is 4.45. The monoisotopic (exact) mass is 385 g/mol. The summed E-state index contributed by atoms with van der Waals surface area (Å²) in [4.78, 5) is 21.6. The number of carbonyl (C=O) groups excluding carboxylic acids is 1. The minimum Gasteiger partial charge on any atom is -0.309 e. The molecule has 3 rings (SSSR count). The van der Waals surface area contributed by atoms with Gasteiger partial charge >= 0.3 is 0 Å². The van der Waals surface area contributed by atoms with Crippen LogP contribution in [0.15, 0.2) is 36.4 Å². The van der Waals surface area contributed by atoms with Crippen molar-refractivity contribution in [2.75, 3.05) is 32.1 Å². The van der Waals surface area contributed by atoms with Gasteiger partial charge in [0.1, 0.15) is 11.3 Å². The number of nitrogens with zero attached hydrogens (tertiary/aromatic N) is 3. The average molecular weight is 386 g/mol. The molecule has 0 unspecified atom stereocenters.